The first-order chi connectivity index (χ1) is 47.2. The minimum absolute atomic E-state index is 0.105. The summed E-state index contributed by atoms with van der Waals surface area (Å²) in [7, 11) is -9.92. The van der Waals surface area contributed by atoms with Gasteiger partial charge in [-0.05, 0) is 43.4 Å². The maximum atomic E-state index is 13.1. The van der Waals surface area contributed by atoms with E-state index in [1.54, 1.807) is 0 Å². The van der Waals surface area contributed by atoms with Crippen LogP contribution in [0.5, 0.6) is 0 Å². The van der Waals surface area contributed by atoms with Crippen LogP contribution in [-0.4, -0.2) is 96.7 Å². The van der Waals surface area contributed by atoms with Gasteiger partial charge in [-0.1, -0.05) is 357 Å². The highest BCUT2D eigenvalue weighted by Gasteiger charge is 2.30. The van der Waals surface area contributed by atoms with E-state index >= 15 is 0 Å². The standard InChI is InChI=1S/C79H154O17P2/c1-8-9-10-11-12-13-32-39-46-53-60-76(81)89-66-75(96-79(84)63-56-49-42-35-28-31-38-45-52-59-72(6)7)69-94-98(87,88)92-65-73(80)64-91-97(85,86)93-68-74(67-90-77(82)61-54-47-40-33-26-22-19-18-21-25-30-37-44-51-58-71(4)5)95-78(83)62-55-48-41-34-27-23-17-15-14-16-20-24-29-36-43-50-57-70(2)3/h70-75,80H,8-69H2,1-7H3,(H,85,86)(H,87,88)/t73-,74-,75-/m1/s1. The third kappa shape index (κ3) is 72.4. The van der Waals surface area contributed by atoms with E-state index in [1.807, 2.05) is 0 Å². The third-order valence-corrected chi connectivity index (χ3v) is 20.3. The highest BCUT2D eigenvalue weighted by atomic mass is 31.2. The van der Waals surface area contributed by atoms with Crippen LogP contribution in [0.15, 0.2) is 0 Å². The summed E-state index contributed by atoms with van der Waals surface area (Å²) in [5.41, 5.74) is 0. The Bertz CT molecular complexity index is 1900. The summed E-state index contributed by atoms with van der Waals surface area (Å²) in [6, 6.07) is 0. The van der Waals surface area contributed by atoms with Crippen molar-refractivity contribution < 1.29 is 80.2 Å². The average Bonchev–Trinajstić information content (AvgIpc) is 1.23. The van der Waals surface area contributed by atoms with Crippen LogP contribution in [0, 0.1) is 17.8 Å². The van der Waals surface area contributed by atoms with E-state index in [-0.39, 0.29) is 25.7 Å². The number of phosphoric acid groups is 2. The van der Waals surface area contributed by atoms with Crippen LogP contribution in [0.25, 0.3) is 0 Å². The molecule has 0 saturated carbocycles. The van der Waals surface area contributed by atoms with Gasteiger partial charge in [0.1, 0.15) is 19.3 Å². The number of esters is 4. The lowest BCUT2D eigenvalue weighted by molar-refractivity contribution is -0.161. The van der Waals surface area contributed by atoms with Gasteiger partial charge in [-0.25, -0.2) is 9.13 Å². The summed E-state index contributed by atoms with van der Waals surface area (Å²) in [4.78, 5) is 72.9. The lowest BCUT2D eigenvalue weighted by Gasteiger charge is -2.21. The van der Waals surface area contributed by atoms with Gasteiger partial charge in [0.25, 0.3) is 0 Å². The van der Waals surface area contributed by atoms with Crippen molar-refractivity contribution in [2.75, 3.05) is 39.6 Å². The van der Waals surface area contributed by atoms with E-state index in [2.05, 4.69) is 48.5 Å². The molecule has 0 fully saturated rings. The highest BCUT2D eigenvalue weighted by molar-refractivity contribution is 7.47. The topological polar surface area (TPSA) is 237 Å². The van der Waals surface area contributed by atoms with Crippen molar-refractivity contribution in [3.05, 3.63) is 0 Å². The monoisotopic (exact) mass is 1440 g/mol. The van der Waals surface area contributed by atoms with Gasteiger partial charge in [0, 0.05) is 25.7 Å². The van der Waals surface area contributed by atoms with Crippen LogP contribution in [0.4, 0.5) is 0 Å². The fraction of sp³-hybridized carbons (Fsp3) is 0.949. The molecule has 19 heteroatoms. The molecular formula is C79H154O17P2. The summed E-state index contributed by atoms with van der Waals surface area (Å²) in [6.07, 6.45) is 56.9. The van der Waals surface area contributed by atoms with Gasteiger partial charge < -0.3 is 33.8 Å². The van der Waals surface area contributed by atoms with Crippen LogP contribution >= 0.6 is 15.6 Å². The van der Waals surface area contributed by atoms with Gasteiger partial charge in [-0.15, -0.1) is 0 Å². The largest absolute Gasteiger partial charge is 0.472 e. The summed E-state index contributed by atoms with van der Waals surface area (Å²) < 4.78 is 68.6. The Morgan fingerprint density at radius 1 is 0.276 bits per heavy atom. The number of carbonyl (C=O) groups is 4. The van der Waals surface area contributed by atoms with E-state index < -0.39 is 97.5 Å². The molecule has 0 saturated heterocycles. The predicted molar refractivity (Wildman–Crippen MR) is 400 cm³/mol. The molecule has 0 amide bonds. The Labute approximate surface area is 600 Å². The fourth-order valence-corrected chi connectivity index (χ4v) is 13.7. The molecule has 2 unspecified atom stereocenters. The van der Waals surface area contributed by atoms with Gasteiger partial charge in [0.15, 0.2) is 12.2 Å². The smallest absolute Gasteiger partial charge is 0.462 e. The molecule has 0 radical (unpaired) electrons. The zero-order valence-corrected chi connectivity index (χ0v) is 66.0. The van der Waals surface area contributed by atoms with Crippen LogP contribution in [0.2, 0.25) is 0 Å². The molecule has 0 aliphatic carbocycles. The number of ether oxygens (including phenoxy) is 4. The lowest BCUT2D eigenvalue weighted by atomic mass is 10.0. The second-order valence-electron chi connectivity index (χ2n) is 29.9. The number of hydrogen-bond acceptors (Lipinski definition) is 15. The fourth-order valence-electron chi connectivity index (χ4n) is 12.1. The number of rotatable bonds is 77. The highest BCUT2D eigenvalue weighted by Crippen LogP contribution is 2.45. The van der Waals surface area contributed by atoms with Crippen LogP contribution in [0.1, 0.15) is 408 Å². The first kappa shape index (κ1) is 96.1. The van der Waals surface area contributed by atoms with Gasteiger partial charge in [0.2, 0.25) is 0 Å². The zero-order valence-electron chi connectivity index (χ0n) is 64.3. The molecule has 0 heterocycles. The summed E-state index contributed by atoms with van der Waals surface area (Å²) in [5.74, 6) is 0.231. The van der Waals surface area contributed by atoms with Crippen molar-refractivity contribution in [2.24, 2.45) is 17.8 Å². The third-order valence-electron chi connectivity index (χ3n) is 18.4. The molecule has 3 N–H and O–H groups in total. The van der Waals surface area contributed by atoms with Crippen LogP contribution in [0.3, 0.4) is 0 Å². The van der Waals surface area contributed by atoms with Crippen molar-refractivity contribution in [3.8, 4) is 0 Å². The Kier molecular flexibility index (Phi) is 68.1. The van der Waals surface area contributed by atoms with E-state index in [4.69, 9.17) is 37.0 Å². The van der Waals surface area contributed by atoms with Gasteiger partial charge >= 0.3 is 39.5 Å². The Hall–Kier alpha value is -1.94. The second-order valence-corrected chi connectivity index (χ2v) is 32.8. The predicted octanol–water partition coefficient (Wildman–Crippen LogP) is 23.4. The van der Waals surface area contributed by atoms with E-state index in [0.717, 1.165) is 108 Å². The van der Waals surface area contributed by atoms with Crippen molar-refractivity contribution in [2.45, 2.75) is 426 Å². The maximum Gasteiger partial charge on any atom is 0.472 e. The Morgan fingerprint density at radius 2 is 0.469 bits per heavy atom. The summed E-state index contributed by atoms with van der Waals surface area (Å²) in [6.45, 7) is 11.9. The molecule has 0 aliphatic heterocycles. The second kappa shape index (κ2) is 69.4. The first-order valence-corrected chi connectivity index (χ1v) is 43.8. The number of phosphoric ester groups is 2. The number of hydrogen-bond donors (Lipinski definition) is 3. The molecule has 0 rings (SSSR count). The molecule has 582 valence electrons. The van der Waals surface area contributed by atoms with Gasteiger partial charge in [-0.2, -0.15) is 0 Å². The maximum absolute atomic E-state index is 13.1. The molecule has 0 aromatic rings. The van der Waals surface area contributed by atoms with Gasteiger partial charge in [-0.3, -0.25) is 37.3 Å². The minimum Gasteiger partial charge on any atom is -0.462 e. The van der Waals surface area contributed by atoms with E-state index in [0.29, 0.717) is 25.7 Å². The van der Waals surface area contributed by atoms with Crippen molar-refractivity contribution in [3.63, 3.8) is 0 Å². The van der Waals surface area contributed by atoms with Crippen LogP contribution < -0.4 is 0 Å². The normalized spacial score (nSPS) is 14.0. The molecule has 17 nitrogen and oxygen atoms in total. The SMILES string of the molecule is CCCCCCCCCCCCC(=O)OC[C@H](COP(=O)(O)OC[C@H](O)COP(=O)(O)OC[C@@H](COC(=O)CCCCCCCCCCCCCCCCC(C)C)OC(=O)CCCCCCCCCCCCCCCCCCC(C)C)OC(=O)CCCCCCCCCCCC(C)C. The average molecular weight is 1440 g/mol. The quantitative estimate of drug-likeness (QED) is 0.0222. The minimum atomic E-state index is -4.96. The Balaban J connectivity index is 5.23. The first-order valence-electron chi connectivity index (χ1n) is 40.8. The van der Waals surface area contributed by atoms with Crippen molar-refractivity contribution in [1.29, 1.82) is 0 Å². The molecular weight excluding hydrogens is 1280 g/mol. The number of carbonyl (C=O) groups excluding carboxylic acids is 4. The van der Waals surface area contributed by atoms with Crippen LogP contribution in [-0.2, 0) is 65.4 Å². The molecule has 0 aromatic carbocycles. The van der Waals surface area contributed by atoms with Crippen molar-refractivity contribution in [1.82, 2.24) is 0 Å². The molecule has 98 heavy (non-hydrogen) atoms. The van der Waals surface area contributed by atoms with Crippen molar-refractivity contribution >= 4 is 39.5 Å². The number of aliphatic hydroxyl groups is 1. The lowest BCUT2D eigenvalue weighted by Crippen LogP contribution is -2.30. The number of unbranched alkanes of at least 4 members (excludes halogenated alkanes) is 45. The molecule has 0 bridgehead atoms. The van der Waals surface area contributed by atoms with Gasteiger partial charge in [0.05, 0.1) is 26.4 Å². The van der Waals surface area contributed by atoms with E-state index in [1.165, 1.54) is 218 Å². The molecule has 0 aromatic heterocycles. The molecule has 5 atom stereocenters. The molecule has 0 aliphatic rings. The number of aliphatic hydroxyl groups excluding tert-OH is 1. The van der Waals surface area contributed by atoms with E-state index in [9.17, 15) is 43.2 Å². The Morgan fingerprint density at radius 3 is 0.694 bits per heavy atom. The zero-order chi connectivity index (χ0) is 72.3. The summed E-state index contributed by atoms with van der Waals surface area (Å²) in [5, 5.41) is 10.6. The summed E-state index contributed by atoms with van der Waals surface area (Å²) >= 11 is 0. The molecule has 0 spiro atoms.